The van der Waals surface area contributed by atoms with Crippen molar-refractivity contribution in [2.45, 2.75) is 5.03 Å². The number of benzene rings is 2. The van der Waals surface area contributed by atoms with Gasteiger partial charge in [0.25, 0.3) is 5.69 Å². The molecule has 0 unspecified atom stereocenters. The molecule has 2 heterocycles. The molecular formula is C20H14ClN5O4S2. The van der Waals surface area contributed by atoms with Crippen molar-refractivity contribution in [1.29, 1.82) is 0 Å². The molecule has 0 radical (unpaired) electrons. The second-order valence-corrected chi connectivity index (χ2v) is 8.55. The molecule has 162 valence electrons. The standard InChI is InChI=1S/C20H14ClN5O4S2/c1-30-15-7-4-12(21)8-14(15)24-16(27)9-31-20-19-18(22-10-23-20)17(25-32-19)11-2-5-13(6-3-11)26(28)29/h2-8,10H,9H2,1H3,(H,24,27). The van der Waals surface area contributed by atoms with Gasteiger partial charge in [-0.1, -0.05) is 23.4 Å². The maximum Gasteiger partial charge on any atom is 0.269 e. The predicted octanol–water partition coefficient (Wildman–Crippen LogP) is 5.05. The summed E-state index contributed by atoms with van der Waals surface area (Å²) in [4.78, 5) is 31.5. The molecule has 0 saturated heterocycles. The van der Waals surface area contributed by atoms with Gasteiger partial charge in [0, 0.05) is 22.7 Å². The number of aromatic nitrogens is 3. The molecule has 9 nitrogen and oxygen atoms in total. The fourth-order valence-electron chi connectivity index (χ4n) is 2.87. The van der Waals surface area contributed by atoms with Crippen molar-refractivity contribution < 1.29 is 14.5 Å². The molecule has 0 aliphatic carbocycles. The van der Waals surface area contributed by atoms with Gasteiger partial charge in [0.05, 0.1) is 23.5 Å². The number of nitro benzene ring substituents is 1. The van der Waals surface area contributed by atoms with Gasteiger partial charge in [0.2, 0.25) is 5.91 Å². The van der Waals surface area contributed by atoms with Crippen molar-refractivity contribution in [3.8, 4) is 17.0 Å². The van der Waals surface area contributed by atoms with E-state index in [2.05, 4.69) is 19.7 Å². The molecule has 0 saturated carbocycles. The number of thioether (sulfide) groups is 1. The fourth-order valence-corrected chi connectivity index (χ4v) is 4.77. The molecule has 12 heteroatoms. The van der Waals surface area contributed by atoms with Crippen molar-refractivity contribution in [2.24, 2.45) is 0 Å². The third-order valence-electron chi connectivity index (χ3n) is 4.35. The van der Waals surface area contributed by atoms with Crippen LogP contribution in [0.25, 0.3) is 21.5 Å². The third-order valence-corrected chi connectivity index (χ3v) is 6.55. The number of nitro groups is 1. The third kappa shape index (κ3) is 4.64. The van der Waals surface area contributed by atoms with Crippen LogP contribution in [0.5, 0.6) is 5.75 Å². The normalized spacial score (nSPS) is 10.8. The zero-order chi connectivity index (χ0) is 22.7. The second kappa shape index (κ2) is 9.47. The van der Waals surface area contributed by atoms with Crippen molar-refractivity contribution >= 4 is 62.4 Å². The van der Waals surface area contributed by atoms with Gasteiger partial charge in [-0.15, -0.1) is 0 Å². The number of ether oxygens (including phenoxy) is 1. The quantitative estimate of drug-likeness (QED) is 0.166. The Morgan fingerprint density at radius 3 is 2.75 bits per heavy atom. The number of rotatable bonds is 7. The lowest BCUT2D eigenvalue weighted by Crippen LogP contribution is -2.14. The Balaban J connectivity index is 1.51. The van der Waals surface area contributed by atoms with Gasteiger partial charge in [-0.2, -0.15) is 4.37 Å². The van der Waals surface area contributed by atoms with Gasteiger partial charge in [0.1, 0.15) is 33.0 Å². The largest absolute Gasteiger partial charge is 0.495 e. The van der Waals surface area contributed by atoms with E-state index in [1.807, 2.05) is 0 Å². The lowest BCUT2D eigenvalue weighted by atomic mass is 10.1. The number of nitrogens with zero attached hydrogens (tertiary/aromatic N) is 4. The number of halogens is 1. The molecule has 0 aliphatic heterocycles. The van der Waals surface area contributed by atoms with Gasteiger partial charge >= 0.3 is 0 Å². The first-order valence-corrected chi connectivity index (χ1v) is 11.2. The summed E-state index contributed by atoms with van der Waals surface area (Å²) in [6.07, 6.45) is 1.41. The SMILES string of the molecule is COc1ccc(Cl)cc1NC(=O)CSc1ncnc2c(-c3ccc([N+](=O)[O-])cc3)nsc12. The minimum atomic E-state index is -0.454. The highest BCUT2D eigenvalue weighted by Gasteiger charge is 2.17. The van der Waals surface area contributed by atoms with Gasteiger partial charge in [-0.05, 0) is 41.9 Å². The number of hydrogen-bond acceptors (Lipinski definition) is 9. The van der Waals surface area contributed by atoms with Crippen LogP contribution >= 0.6 is 34.9 Å². The van der Waals surface area contributed by atoms with Crippen LogP contribution in [0.2, 0.25) is 5.02 Å². The van der Waals surface area contributed by atoms with E-state index in [-0.39, 0.29) is 17.3 Å². The van der Waals surface area contributed by atoms with Crippen LogP contribution in [-0.2, 0) is 4.79 Å². The smallest absolute Gasteiger partial charge is 0.269 e. The number of carbonyl (C=O) groups is 1. The van der Waals surface area contributed by atoms with Gasteiger partial charge in [0.15, 0.2) is 0 Å². The molecule has 0 aliphatic rings. The van der Waals surface area contributed by atoms with Crippen molar-refractivity contribution in [3.05, 3.63) is 63.9 Å². The van der Waals surface area contributed by atoms with E-state index < -0.39 is 4.92 Å². The molecule has 2 aromatic heterocycles. The summed E-state index contributed by atoms with van der Waals surface area (Å²) in [5.41, 5.74) is 2.43. The van der Waals surface area contributed by atoms with Crippen LogP contribution in [0.3, 0.4) is 0 Å². The summed E-state index contributed by atoms with van der Waals surface area (Å²) in [6, 6.07) is 11.1. The van der Waals surface area contributed by atoms with Crippen molar-refractivity contribution in [1.82, 2.24) is 14.3 Å². The monoisotopic (exact) mass is 487 g/mol. The molecule has 0 fully saturated rings. The molecule has 2 aromatic carbocycles. The number of anilines is 1. The number of fused-ring (bicyclic) bond motifs is 1. The average Bonchev–Trinajstić information content (AvgIpc) is 3.23. The molecule has 1 N–H and O–H groups in total. The Morgan fingerprint density at radius 2 is 2.03 bits per heavy atom. The van der Waals surface area contributed by atoms with Crippen LogP contribution in [0.1, 0.15) is 0 Å². The number of hydrogen-bond donors (Lipinski definition) is 1. The molecule has 32 heavy (non-hydrogen) atoms. The maximum atomic E-state index is 12.5. The van der Waals surface area contributed by atoms with Crippen LogP contribution in [0.4, 0.5) is 11.4 Å². The molecule has 4 aromatic rings. The molecular weight excluding hydrogens is 474 g/mol. The van der Waals surface area contributed by atoms with Crippen LogP contribution in [0, 0.1) is 10.1 Å². The Labute approximate surface area is 195 Å². The fraction of sp³-hybridized carbons (Fsp3) is 0.100. The number of carbonyl (C=O) groups excluding carboxylic acids is 1. The highest BCUT2D eigenvalue weighted by atomic mass is 35.5. The molecule has 1 amide bonds. The first-order valence-electron chi connectivity index (χ1n) is 9.07. The minimum Gasteiger partial charge on any atom is -0.495 e. The van der Waals surface area contributed by atoms with E-state index in [1.165, 1.54) is 48.9 Å². The zero-order valence-electron chi connectivity index (χ0n) is 16.4. The molecule has 0 atom stereocenters. The Morgan fingerprint density at radius 1 is 1.25 bits per heavy atom. The lowest BCUT2D eigenvalue weighted by molar-refractivity contribution is -0.384. The summed E-state index contributed by atoms with van der Waals surface area (Å²) in [7, 11) is 1.51. The van der Waals surface area contributed by atoms with E-state index >= 15 is 0 Å². The zero-order valence-corrected chi connectivity index (χ0v) is 18.8. The molecule has 4 rings (SSSR count). The predicted molar refractivity (Wildman–Crippen MR) is 125 cm³/mol. The number of amides is 1. The Bertz CT molecular complexity index is 1310. The van der Waals surface area contributed by atoms with E-state index in [0.717, 1.165) is 4.70 Å². The Hall–Kier alpha value is -3.28. The number of non-ortho nitro benzene ring substituents is 1. The van der Waals surface area contributed by atoms with Crippen LogP contribution < -0.4 is 10.1 Å². The summed E-state index contributed by atoms with van der Waals surface area (Å²) in [5.74, 6) is 0.363. The first-order chi connectivity index (χ1) is 15.5. The van der Waals surface area contributed by atoms with Crippen molar-refractivity contribution in [3.63, 3.8) is 0 Å². The van der Waals surface area contributed by atoms with Crippen LogP contribution in [-0.4, -0.2) is 38.0 Å². The van der Waals surface area contributed by atoms with E-state index in [0.29, 0.717) is 38.3 Å². The summed E-state index contributed by atoms with van der Waals surface area (Å²) in [6.45, 7) is 0. The average molecular weight is 488 g/mol. The van der Waals surface area contributed by atoms with E-state index in [4.69, 9.17) is 16.3 Å². The number of methoxy groups -OCH3 is 1. The van der Waals surface area contributed by atoms with Gasteiger partial charge in [-0.25, -0.2) is 9.97 Å². The maximum absolute atomic E-state index is 12.5. The minimum absolute atomic E-state index is 0.00139. The van der Waals surface area contributed by atoms with Crippen LogP contribution in [0.15, 0.2) is 53.8 Å². The Kier molecular flexibility index (Phi) is 6.49. The van der Waals surface area contributed by atoms with Crippen molar-refractivity contribution in [2.75, 3.05) is 18.2 Å². The van der Waals surface area contributed by atoms with Gasteiger partial charge < -0.3 is 10.1 Å². The van der Waals surface area contributed by atoms with E-state index in [1.54, 1.807) is 30.3 Å². The summed E-state index contributed by atoms with van der Waals surface area (Å²) < 4.78 is 10.4. The lowest BCUT2D eigenvalue weighted by Gasteiger charge is -2.10. The van der Waals surface area contributed by atoms with E-state index in [9.17, 15) is 14.9 Å². The highest BCUT2D eigenvalue weighted by Crippen LogP contribution is 2.35. The first kappa shape index (κ1) is 21.9. The van der Waals surface area contributed by atoms with Gasteiger partial charge in [-0.3, -0.25) is 14.9 Å². The summed E-state index contributed by atoms with van der Waals surface area (Å²) >= 11 is 8.47. The summed E-state index contributed by atoms with van der Waals surface area (Å²) in [5, 5.41) is 14.8. The molecule has 0 bridgehead atoms. The second-order valence-electron chi connectivity index (χ2n) is 6.37. The topological polar surface area (TPSA) is 120 Å². The molecule has 0 spiro atoms. The number of nitrogens with one attached hydrogen (secondary N) is 1. The highest BCUT2D eigenvalue weighted by molar-refractivity contribution is 8.00.